The third-order valence-corrected chi connectivity index (χ3v) is 0.325. The number of carbonyl (C=O) groups is 2. The summed E-state index contributed by atoms with van der Waals surface area (Å²) in [5.74, 6) is -2.17. The van der Waals surface area contributed by atoms with Crippen LogP contribution in [0.1, 0.15) is 16.0 Å². The van der Waals surface area contributed by atoms with Crippen LogP contribution in [0.3, 0.4) is 0 Å². The summed E-state index contributed by atoms with van der Waals surface area (Å²) in [7, 11) is 0. The molecule has 0 aliphatic heterocycles. The van der Waals surface area contributed by atoms with Crippen molar-refractivity contribution in [2.24, 2.45) is 0 Å². The lowest BCUT2D eigenvalue weighted by Gasteiger charge is -1.80. The Bertz CT molecular complexity index is 132. The third-order valence-electron chi connectivity index (χ3n) is 0.325. The number of aliphatic carboxylic acids is 1. The number of carboxylic acids is 1. The quantitative estimate of drug-likeness (QED) is 0.503. The summed E-state index contributed by atoms with van der Waals surface area (Å²) in [6, 6.07) is 0. The van der Waals surface area contributed by atoms with Crippen molar-refractivity contribution in [3.8, 4) is 0 Å². The van der Waals surface area contributed by atoms with Gasteiger partial charge in [0.15, 0.2) is 0 Å². The van der Waals surface area contributed by atoms with E-state index in [4.69, 9.17) is 7.85 Å². The number of carboxylic acid groups (broad SMARTS) is 1. The van der Waals surface area contributed by atoms with Crippen LogP contribution in [0.2, 0.25) is 0 Å². The lowest BCUT2D eigenvalue weighted by atomic mass is 10.3. The first-order valence-electron chi connectivity index (χ1n) is 2.78. The Hall–Kier alpha value is -0.860. The number of carbonyl (C=O) groups excluding carboxylic acids is 1. The first kappa shape index (κ1) is 3.18. The average molecular weight is 104 g/mol. The van der Waals surface area contributed by atoms with Crippen molar-refractivity contribution in [3.63, 3.8) is 0 Å². The molecule has 0 unspecified atom stereocenters. The molecule has 0 aromatic rings. The Balaban J connectivity index is 3.64. The van der Waals surface area contributed by atoms with Gasteiger partial charge >= 0.3 is 5.97 Å². The van der Waals surface area contributed by atoms with Gasteiger partial charge in [-0.3, -0.25) is 9.59 Å². The van der Waals surface area contributed by atoms with E-state index in [2.05, 4.69) is 0 Å². The van der Waals surface area contributed by atoms with Gasteiger partial charge in [-0.25, -0.2) is 0 Å². The smallest absolute Gasteiger partial charge is 0.310 e. The molecule has 3 heteroatoms. The van der Waals surface area contributed by atoms with Crippen molar-refractivity contribution >= 4 is 11.8 Å². The van der Waals surface area contributed by atoms with Crippen LogP contribution in [0.5, 0.6) is 0 Å². The molecule has 0 saturated heterocycles. The first-order chi connectivity index (χ1) is 4.04. The Morgan fingerprint density at radius 3 is 2.57 bits per heavy atom. The zero-order valence-corrected chi connectivity index (χ0v) is 3.55. The van der Waals surface area contributed by atoms with Gasteiger partial charge in [-0.1, -0.05) is 0 Å². The van der Waals surface area contributed by atoms with E-state index in [9.17, 15) is 9.59 Å². The Morgan fingerprint density at radius 1 is 1.86 bits per heavy atom. The fourth-order valence-corrected chi connectivity index (χ4v) is 0.149. The molecule has 1 N–H and O–H groups in total. The van der Waals surface area contributed by atoms with Gasteiger partial charge in [-0.05, 0) is 6.88 Å². The average Bonchev–Trinajstić information content (AvgIpc) is 1.63. The molecule has 0 amide bonds. The molecule has 0 fully saturated rings. The van der Waals surface area contributed by atoms with Crippen molar-refractivity contribution in [3.05, 3.63) is 0 Å². The molecule has 0 aromatic heterocycles. The predicted octanol–water partition coefficient (Wildman–Crippen LogP) is 0.0501. The molecular weight excluding hydrogens is 96.0 g/mol. The Kier molecular flexibility index (Phi) is 1.06. The Labute approximate surface area is 43.8 Å². The van der Waals surface area contributed by atoms with E-state index in [-0.39, 0.29) is 0 Å². The summed E-state index contributed by atoms with van der Waals surface area (Å²) in [5, 5.41) is 7.95. The maximum Gasteiger partial charge on any atom is 0.310 e. The van der Waals surface area contributed by atoms with Crippen molar-refractivity contribution in [2.75, 3.05) is 0 Å². The van der Waals surface area contributed by atoms with Crippen LogP contribution in [0.4, 0.5) is 0 Å². The zero-order valence-electron chi connectivity index (χ0n) is 5.55. The first-order valence-corrected chi connectivity index (χ1v) is 1.63. The highest BCUT2D eigenvalue weighted by molar-refractivity contribution is 5.93. The SMILES string of the molecule is [2H]C([2H])C(=O)CC(=O)O. The normalized spacial score (nSPS) is 12.7. The molecule has 0 atom stereocenters. The van der Waals surface area contributed by atoms with Crippen LogP contribution >= 0.6 is 0 Å². The number of Topliss-reactive ketones (excluding diaryl/α,β-unsaturated/α-hetero) is 1. The van der Waals surface area contributed by atoms with Gasteiger partial charge in [-0.2, -0.15) is 0 Å². The van der Waals surface area contributed by atoms with E-state index in [1.165, 1.54) is 0 Å². The molecular formula is C4H6O3. The van der Waals surface area contributed by atoms with Crippen LogP contribution in [0.15, 0.2) is 0 Å². The van der Waals surface area contributed by atoms with E-state index >= 15 is 0 Å². The summed E-state index contributed by atoms with van der Waals surface area (Å²) in [5.41, 5.74) is 0. The van der Waals surface area contributed by atoms with Crippen molar-refractivity contribution in [1.82, 2.24) is 0 Å². The summed E-state index contributed by atoms with van der Waals surface area (Å²) in [6.45, 7) is -1.67. The molecule has 0 aromatic carbocycles. The maximum atomic E-state index is 10.2. The fraction of sp³-hybridized carbons (Fsp3) is 0.500. The van der Waals surface area contributed by atoms with Gasteiger partial charge in [0.05, 0.1) is 0 Å². The van der Waals surface area contributed by atoms with Crippen molar-refractivity contribution < 1.29 is 17.4 Å². The number of rotatable bonds is 2. The summed E-state index contributed by atoms with van der Waals surface area (Å²) in [4.78, 5) is 19.9. The minimum atomic E-state index is -1.67. The van der Waals surface area contributed by atoms with Gasteiger partial charge in [-0.15, -0.1) is 0 Å². The Morgan fingerprint density at radius 2 is 2.43 bits per heavy atom. The zero-order chi connectivity index (χ0) is 7.44. The molecule has 0 rings (SSSR count). The number of hydrogen-bond acceptors (Lipinski definition) is 2. The minimum absolute atomic E-state index is 0.725. The highest BCUT2D eigenvalue weighted by atomic mass is 16.4. The van der Waals surface area contributed by atoms with Gasteiger partial charge in [0.25, 0.3) is 0 Å². The number of hydrogen-bond donors (Lipinski definition) is 1. The standard InChI is InChI=1S/C4H6O3/c1-3(5)2-4(6)7/h2H2,1H3,(H,6,7)/i1D2. The van der Waals surface area contributed by atoms with Crippen LogP contribution in [-0.2, 0) is 9.59 Å². The molecule has 0 spiro atoms. The van der Waals surface area contributed by atoms with Crippen LogP contribution in [-0.4, -0.2) is 16.9 Å². The summed E-state index contributed by atoms with van der Waals surface area (Å²) in [6.07, 6.45) is -0.725. The molecule has 0 heterocycles. The van der Waals surface area contributed by atoms with Crippen molar-refractivity contribution in [2.45, 2.75) is 13.3 Å². The maximum absolute atomic E-state index is 10.2. The lowest BCUT2D eigenvalue weighted by Crippen LogP contribution is -2.00. The number of ketones is 1. The minimum Gasteiger partial charge on any atom is -0.481 e. The highest BCUT2D eigenvalue weighted by Gasteiger charge is 1.98. The van der Waals surface area contributed by atoms with E-state index in [1.807, 2.05) is 0 Å². The van der Waals surface area contributed by atoms with Gasteiger partial charge < -0.3 is 5.11 Å². The molecule has 0 aliphatic rings. The second kappa shape index (κ2) is 2.34. The van der Waals surface area contributed by atoms with E-state index in [1.54, 1.807) is 0 Å². The largest absolute Gasteiger partial charge is 0.481 e. The molecule has 0 bridgehead atoms. The summed E-state index contributed by atoms with van der Waals surface area (Å²) < 4.78 is 12.9. The molecule has 0 saturated carbocycles. The van der Waals surface area contributed by atoms with Gasteiger partial charge in [0, 0.05) is 2.74 Å². The van der Waals surface area contributed by atoms with Crippen molar-refractivity contribution in [1.29, 1.82) is 0 Å². The second-order valence-electron chi connectivity index (χ2n) is 1.04. The molecule has 0 aliphatic carbocycles. The molecule has 7 heavy (non-hydrogen) atoms. The van der Waals surface area contributed by atoms with E-state index < -0.39 is 25.0 Å². The highest BCUT2D eigenvalue weighted by Crippen LogP contribution is 1.77. The fourth-order valence-electron chi connectivity index (χ4n) is 0.149. The van der Waals surface area contributed by atoms with Crippen LogP contribution in [0.25, 0.3) is 0 Å². The second-order valence-corrected chi connectivity index (χ2v) is 1.04. The van der Waals surface area contributed by atoms with Crippen LogP contribution < -0.4 is 0 Å². The summed E-state index contributed by atoms with van der Waals surface area (Å²) >= 11 is 0. The molecule has 40 valence electrons. The van der Waals surface area contributed by atoms with Crippen LogP contribution in [0, 0.1) is 0 Å². The third kappa shape index (κ3) is 5.14. The van der Waals surface area contributed by atoms with Gasteiger partial charge in [0.1, 0.15) is 12.2 Å². The van der Waals surface area contributed by atoms with E-state index in [0.29, 0.717) is 0 Å². The van der Waals surface area contributed by atoms with E-state index in [0.717, 1.165) is 0 Å². The predicted molar refractivity (Wildman–Crippen MR) is 22.9 cm³/mol. The monoisotopic (exact) mass is 104 g/mol. The topological polar surface area (TPSA) is 54.4 Å². The lowest BCUT2D eigenvalue weighted by molar-refractivity contribution is -0.139. The van der Waals surface area contributed by atoms with Gasteiger partial charge in [0.2, 0.25) is 0 Å². The molecule has 0 radical (unpaired) electrons. The molecule has 3 nitrogen and oxygen atoms in total.